The summed E-state index contributed by atoms with van der Waals surface area (Å²) < 4.78 is 5.80. The number of aliphatic hydroxyl groups excluding tert-OH is 1. The summed E-state index contributed by atoms with van der Waals surface area (Å²) >= 11 is 0. The Balaban J connectivity index is 1.50. The quantitative estimate of drug-likeness (QED) is 0.713. The van der Waals surface area contributed by atoms with Gasteiger partial charge in [-0.05, 0) is 23.3 Å². The van der Waals surface area contributed by atoms with Crippen molar-refractivity contribution in [3.63, 3.8) is 0 Å². The molecule has 2 aliphatic rings. The lowest BCUT2D eigenvalue weighted by Gasteiger charge is -2.25. The molecule has 3 amide bonds. The molecule has 0 radical (unpaired) electrons. The van der Waals surface area contributed by atoms with Gasteiger partial charge in [-0.3, -0.25) is 4.79 Å². The highest BCUT2D eigenvalue weighted by atomic mass is 16.5. The molecule has 7 nitrogen and oxygen atoms in total. The molecule has 4 rings (SSSR count). The van der Waals surface area contributed by atoms with Crippen LogP contribution in [0.15, 0.2) is 65.9 Å². The number of rotatable bonds is 6. The number of hydrogen-bond acceptors (Lipinski definition) is 4. The number of carbonyl (C=O) groups is 2. The zero-order valence-electron chi connectivity index (χ0n) is 15.2. The fourth-order valence-electron chi connectivity index (χ4n) is 3.48. The first-order valence-corrected chi connectivity index (χ1v) is 9.13. The van der Waals surface area contributed by atoms with Crippen LogP contribution in [0.1, 0.15) is 17.2 Å². The van der Waals surface area contributed by atoms with E-state index in [0.717, 1.165) is 11.1 Å². The molecule has 0 aliphatic carbocycles. The lowest BCUT2D eigenvalue weighted by molar-refractivity contribution is -0.126. The number of amides is 3. The predicted octanol–water partition coefficient (Wildman–Crippen LogP) is 1.71. The third-order valence-electron chi connectivity index (χ3n) is 4.85. The van der Waals surface area contributed by atoms with Crippen LogP contribution in [0.25, 0.3) is 0 Å². The van der Waals surface area contributed by atoms with Crippen molar-refractivity contribution >= 4 is 11.9 Å². The lowest BCUT2D eigenvalue weighted by atomic mass is 9.96. The van der Waals surface area contributed by atoms with Crippen molar-refractivity contribution in [1.29, 1.82) is 0 Å². The van der Waals surface area contributed by atoms with E-state index in [9.17, 15) is 9.59 Å². The van der Waals surface area contributed by atoms with Gasteiger partial charge in [-0.25, -0.2) is 4.79 Å². The number of carbonyl (C=O) groups excluding carboxylic acids is 2. The monoisotopic (exact) mass is 379 g/mol. The standard InChI is InChI=1S/C21H21N3O4/c25-11-10-24-12-17-18(20(24)26)19(23-21(27)22-17)15-6-8-16(9-7-15)28-13-14-4-2-1-3-5-14/h1-9,19,25H,10-13H2,(H2,22,23,27). The number of nitrogens with zero attached hydrogens (tertiary/aromatic N) is 1. The Morgan fingerprint density at radius 1 is 1.07 bits per heavy atom. The summed E-state index contributed by atoms with van der Waals surface area (Å²) in [6, 6.07) is 16.4. The minimum Gasteiger partial charge on any atom is -0.489 e. The van der Waals surface area contributed by atoms with E-state index in [0.29, 0.717) is 30.2 Å². The average Bonchev–Trinajstić information content (AvgIpc) is 3.02. The van der Waals surface area contributed by atoms with E-state index in [-0.39, 0.29) is 25.1 Å². The smallest absolute Gasteiger partial charge is 0.319 e. The molecule has 2 aromatic rings. The summed E-state index contributed by atoms with van der Waals surface area (Å²) in [6.45, 7) is 0.886. The fraction of sp³-hybridized carbons (Fsp3) is 0.238. The maximum Gasteiger partial charge on any atom is 0.319 e. The second-order valence-corrected chi connectivity index (χ2v) is 6.72. The highest BCUT2D eigenvalue weighted by molar-refractivity contribution is 6.01. The first-order chi connectivity index (χ1) is 13.7. The lowest BCUT2D eigenvalue weighted by Crippen LogP contribution is -2.44. The van der Waals surface area contributed by atoms with Crippen LogP contribution in [-0.2, 0) is 11.4 Å². The summed E-state index contributed by atoms with van der Waals surface area (Å²) in [5.41, 5.74) is 2.99. The minimum atomic E-state index is -0.525. The van der Waals surface area contributed by atoms with E-state index < -0.39 is 6.04 Å². The molecule has 0 saturated heterocycles. The van der Waals surface area contributed by atoms with Crippen molar-refractivity contribution in [2.45, 2.75) is 12.6 Å². The molecule has 7 heteroatoms. The van der Waals surface area contributed by atoms with Gasteiger partial charge in [0.05, 0.1) is 30.5 Å². The predicted molar refractivity (Wildman–Crippen MR) is 102 cm³/mol. The summed E-state index contributed by atoms with van der Waals surface area (Å²) in [4.78, 5) is 26.2. The van der Waals surface area contributed by atoms with Crippen LogP contribution < -0.4 is 15.4 Å². The van der Waals surface area contributed by atoms with Gasteiger partial charge in [0.15, 0.2) is 0 Å². The Labute approximate surface area is 162 Å². The van der Waals surface area contributed by atoms with Crippen molar-refractivity contribution in [1.82, 2.24) is 15.5 Å². The number of urea groups is 1. The molecule has 2 heterocycles. The molecule has 1 atom stereocenters. The van der Waals surface area contributed by atoms with Gasteiger partial charge in [-0.2, -0.15) is 0 Å². The van der Waals surface area contributed by atoms with Gasteiger partial charge in [-0.1, -0.05) is 42.5 Å². The van der Waals surface area contributed by atoms with Gasteiger partial charge < -0.3 is 25.4 Å². The van der Waals surface area contributed by atoms with Crippen molar-refractivity contribution in [2.24, 2.45) is 0 Å². The van der Waals surface area contributed by atoms with Crippen molar-refractivity contribution in [3.8, 4) is 5.75 Å². The number of hydrogen-bond donors (Lipinski definition) is 3. The number of nitrogens with one attached hydrogen (secondary N) is 2. The van der Waals surface area contributed by atoms with Crippen LogP contribution >= 0.6 is 0 Å². The van der Waals surface area contributed by atoms with E-state index in [4.69, 9.17) is 9.84 Å². The summed E-state index contributed by atoms with van der Waals surface area (Å²) in [7, 11) is 0. The Kier molecular flexibility index (Phi) is 4.99. The Bertz CT molecular complexity index is 909. The van der Waals surface area contributed by atoms with Crippen molar-refractivity contribution < 1.29 is 19.4 Å². The molecule has 0 fully saturated rings. The maximum absolute atomic E-state index is 12.7. The summed E-state index contributed by atoms with van der Waals surface area (Å²) in [5.74, 6) is 0.535. The van der Waals surface area contributed by atoms with Crippen LogP contribution in [0.2, 0.25) is 0 Å². The third-order valence-corrected chi connectivity index (χ3v) is 4.85. The highest BCUT2D eigenvalue weighted by Gasteiger charge is 2.40. The molecule has 0 bridgehead atoms. The second kappa shape index (κ2) is 7.74. The molecule has 28 heavy (non-hydrogen) atoms. The average molecular weight is 379 g/mol. The topological polar surface area (TPSA) is 90.9 Å². The molecule has 2 aliphatic heterocycles. The van der Waals surface area contributed by atoms with Gasteiger partial charge in [-0.15, -0.1) is 0 Å². The maximum atomic E-state index is 12.7. The van der Waals surface area contributed by atoms with Gasteiger partial charge >= 0.3 is 6.03 Å². The van der Waals surface area contributed by atoms with Crippen molar-refractivity contribution in [3.05, 3.63) is 77.0 Å². The number of benzene rings is 2. The Morgan fingerprint density at radius 2 is 1.82 bits per heavy atom. The first kappa shape index (κ1) is 18.1. The van der Waals surface area contributed by atoms with Crippen LogP contribution in [0.4, 0.5) is 4.79 Å². The second-order valence-electron chi connectivity index (χ2n) is 6.72. The van der Waals surface area contributed by atoms with Gasteiger partial charge in [0.25, 0.3) is 5.91 Å². The van der Waals surface area contributed by atoms with E-state index in [1.165, 1.54) is 4.90 Å². The zero-order chi connectivity index (χ0) is 19.5. The van der Waals surface area contributed by atoms with Crippen LogP contribution in [-0.4, -0.2) is 41.6 Å². The molecule has 2 aromatic carbocycles. The Hall–Kier alpha value is -3.32. The molecule has 3 N–H and O–H groups in total. The largest absolute Gasteiger partial charge is 0.489 e. The third kappa shape index (κ3) is 3.57. The first-order valence-electron chi connectivity index (χ1n) is 9.13. The highest BCUT2D eigenvalue weighted by Crippen LogP contribution is 2.33. The zero-order valence-corrected chi connectivity index (χ0v) is 15.2. The van der Waals surface area contributed by atoms with E-state index in [1.807, 2.05) is 54.6 Å². The fourth-order valence-corrected chi connectivity index (χ4v) is 3.48. The van der Waals surface area contributed by atoms with Gasteiger partial charge in [0.1, 0.15) is 12.4 Å². The van der Waals surface area contributed by atoms with Gasteiger partial charge in [0.2, 0.25) is 0 Å². The van der Waals surface area contributed by atoms with Crippen LogP contribution in [0, 0.1) is 0 Å². The molecule has 1 unspecified atom stereocenters. The summed E-state index contributed by atoms with van der Waals surface area (Å²) in [6.07, 6.45) is 0. The van der Waals surface area contributed by atoms with Crippen molar-refractivity contribution in [2.75, 3.05) is 19.7 Å². The normalized spacial score (nSPS) is 18.6. The van der Waals surface area contributed by atoms with E-state index in [2.05, 4.69) is 10.6 Å². The number of β-amino-alcohol motifs (C(OH)–C–C–N with tert-alkyl or cyclic N) is 1. The van der Waals surface area contributed by atoms with E-state index >= 15 is 0 Å². The number of ether oxygens (including phenoxy) is 1. The minimum absolute atomic E-state index is 0.119. The number of aliphatic hydroxyl groups is 1. The molecular formula is C21H21N3O4. The molecule has 0 saturated carbocycles. The Morgan fingerprint density at radius 3 is 2.54 bits per heavy atom. The molecular weight excluding hydrogens is 358 g/mol. The molecule has 144 valence electrons. The molecule has 0 spiro atoms. The molecule has 0 aromatic heterocycles. The van der Waals surface area contributed by atoms with Crippen LogP contribution in [0.5, 0.6) is 5.75 Å². The summed E-state index contributed by atoms with van der Waals surface area (Å²) in [5, 5.41) is 14.7. The SMILES string of the molecule is O=C1NC2=C(C(=O)N(CCO)C2)C(c2ccc(OCc3ccccc3)cc2)N1. The van der Waals surface area contributed by atoms with E-state index in [1.54, 1.807) is 0 Å². The van der Waals surface area contributed by atoms with Crippen LogP contribution in [0.3, 0.4) is 0 Å². The van der Waals surface area contributed by atoms with Gasteiger partial charge in [0, 0.05) is 6.54 Å².